The number of nitrogens with zero attached hydrogens (tertiary/aromatic N) is 2. The van der Waals surface area contributed by atoms with Gasteiger partial charge in [-0.05, 0) is 80.4 Å². The molecule has 5 rings (SSSR count). The fourth-order valence-electron chi connectivity index (χ4n) is 6.73. The molecule has 3 fully saturated rings. The molecule has 6 heteroatoms. The molecule has 1 aliphatic carbocycles. The number of benzene rings is 2. The highest BCUT2D eigenvalue weighted by Gasteiger charge is 2.45. The van der Waals surface area contributed by atoms with Crippen molar-refractivity contribution in [2.75, 3.05) is 19.6 Å². The molecule has 2 aromatic carbocycles. The summed E-state index contributed by atoms with van der Waals surface area (Å²) in [4.78, 5) is 31.6. The molecule has 2 heterocycles. The van der Waals surface area contributed by atoms with Gasteiger partial charge in [0, 0.05) is 13.1 Å². The van der Waals surface area contributed by atoms with Gasteiger partial charge in [-0.25, -0.2) is 0 Å². The highest BCUT2D eigenvalue weighted by Crippen LogP contribution is 2.32. The van der Waals surface area contributed by atoms with E-state index in [1.807, 2.05) is 47.4 Å². The predicted molar refractivity (Wildman–Crippen MR) is 154 cm³/mol. The SMILES string of the molecule is CCCCN1C(=O)[C@H](CC2CCCCC2)NC(=O)[C@@H]1C1CCN(Cc2ccc(Oc3ccccc3)cc2)CC1. The molecule has 2 atom stereocenters. The molecule has 2 saturated heterocycles. The summed E-state index contributed by atoms with van der Waals surface area (Å²) in [5.74, 6) is 2.72. The molecule has 3 aliphatic rings. The summed E-state index contributed by atoms with van der Waals surface area (Å²) >= 11 is 0. The van der Waals surface area contributed by atoms with E-state index in [2.05, 4.69) is 29.3 Å². The molecular formula is C33H45N3O3. The second-order valence-corrected chi connectivity index (χ2v) is 11.8. The van der Waals surface area contributed by atoms with E-state index >= 15 is 0 Å². The molecule has 0 unspecified atom stereocenters. The minimum atomic E-state index is -0.331. The lowest BCUT2D eigenvalue weighted by molar-refractivity contribution is -0.153. The molecule has 1 N–H and O–H groups in total. The third kappa shape index (κ3) is 7.21. The van der Waals surface area contributed by atoms with Gasteiger partial charge in [0.2, 0.25) is 11.8 Å². The minimum Gasteiger partial charge on any atom is -0.457 e. The predicted octanol–water partition coefficient (Wildman–Crippen LogP) is 6.16. The van der Waals surface area contributed by atoms with Crippen molar-refractivity contribution in [1.82, 2.24) is 15.1 Å². The van der Waals surface area contributed by atoms with Crippen LogP contribution in [0.3, 0.4) is 0 Å². The van der Waals surface area contributed by atoms with Crippen LogP contribution in [0.25, 0.3) is 0 Å². The second-order valence-electron chi connectivity index (χ2n) is 11.8. The Kier molecular flexibility index (Phi) is 9.57. The number of amides is 2. The first-order valence-electron chi connectivity index (χ1n) is 15.3. The lowest BCUT2D eigenvalue weighted by Crippen LogP contribution is -2.66. The van der Waals surface area contributed by atoms with E-state index in [0.29, 0.717) is 12.5 Å². The lowest BCUT2D eigenvalue weighted by Gasteiger charge is -2.45. The van der Waals surface area contributed by atoms with Gasteiger partial charge in [-0.2, -0.15) is 0 Å². The van der Waals surface area contributed by atoms with Crippen molar-refractivity contribution >= 4 is 11.8 Å². The van der Waals surface area contributed by atoms with Crippen LogP contribution >= 0.6 is 0 Å². The van der Waals surface area contributed by atoms with Gasteiger partial charge in [-0.1, -0.05) is 75.8 Å². The molecule has 2 aliphatic heterocycles. The van der Waals surface area contributed by atoms with Gasteiger partial charge in [-0.15, -0.1) is 0 Å². The highest BCUT2D eigenvalue weighted by atomic mass is 16.5. The van der Waals surface area contributed by atoms with Crippen LogP contribution in [0.2, 0.25) is 0 Å². The zero-order valence-electron chi connectivity index (χ0n) is 23.5. The zero-order valence-corrected chi connectivity index (χ0v) is 23.5. The Morgan fingerprint density at radius 3 is 2.26 bits per heavy atom. The van der Waals surface area contributed by atoms with Gasteiger partial charge >= 0.3 is 0 Å². The number of piperazine rings is 1. The molecule has 0 aromatic heterocycles. The Labute approximate surface area is 234 Å². The van der Waals surface area contributed by atoms with Crippen molar-refractivity contribution in [1.29, 1.82) is 0 Å². The fraction of sp³-hybridized carbons (Fsp3) is 0.576. The molecule has 2 amide bonds. The van der Waals surface area contributed by atoms with Crippen molar-refractivity contribution in [3.05, 3.63) is 60.2 Å². The number of rotatable bonds is 10. The van der Waals surface area contributed by atoms with E-state index in [-0.39, 0.29) is 29.8 Å². The first-order valence-corrected chi connectivity index (χ1v) is 15.3. The van der Waals surface area contributed by atoms with E-state index in [1.165, 1.54) is 37.7 Å². The molecule has 2 aromatic rings. The Morgan fingerprint density at radius 1 is 0.872 bits per heavy atom. The van der Waals surface area contributed by atoms with Crippen LogP contribution in [0.4, 0.5) is 0 Å². The van der Waals surface area contributed by atoms with Crippen molar-refractivity contribution in [3.8, 4) is 11.5 Å². The van der Waals surface area contributed by atoms with Crippen LogP contribution in [0, 0.1) is 11.8 Å². The summed E-state index contributed by atoms with van der Waals surface area (Å²) in [7, 11) is 0. The van der Waals surface area contributed by atoms with Crippen LogP contribution in [-0.2, 0) is 16.1 Å². The van der Waals surface area contributed by atoms with Crippen LogP contribution in [0.1, 0.15) is 76.7 Å². The third-order valence-corrected chi connectivity index (χ3v) is 8.94. The van der Waals surface area contributed by atoms with Crippen molar-refractivity contribution in [2.45, 2.75) is 89.8 Å². The number of carbonyl (C=O) groups excluding carboxylic acids is 2. The first kappa shape index (κ1) is 27.7. The van der Waals surface area contributed by atoms with Crippen molar-refractivity contribution in [3.63, 3.8) is 0 Å². The fourth-order valence-corrected chi connectivity index (χ4v) is 6.73. The van der Waals surface area contributed by atoms with Crippen LogP contribution in [0.5, 0.6) is 11.5 Å². The second kappa shape index (κ2) is 13.5. The average molecular weight is 532 g/mol. The molecule has 39 heavy (non-hydrogen) atoms. The normalized spacial score (nSPS) is 23.6. The smallest absolute Gasteiger partial charge is 0.245 e. The Morgan fingerprint density at radius 2 is 1.56 bits per heavy atom. The third-order valence-electron chi connectivity index (χ3n) is 8.94. The first-order chi connectivity index (χ1) is 19.1. The number of hydrogen-bond donors (Lipinski definition) is 1. The number of para-hydroxylation sites is 1. The van der Waals surface area contributed by atoms with E-state index in [1.54, 1.807) is 0 Å². The largest absolute Gasteiger partial charge is 0.457 e. The number of ether oxygens (including phenoxy) is 1. The van der Waals surface area contributed by atoms with Crippen molar-refractivity contribution in [2.24, 2.45) is 11.8 Å². The van der Waals surface area contributed by atoms with Gasteiger partial charge in [0.05, 0.1) is 0 Å². The Hall–Kier alpha value is -2.86. The van der Waals surface area contributed by atoms with Gasteiger partial charge in [0.1, 0.15) is 23.6 Å². The number of nitrogens with one attached hydrogen (secondary N) is 1. The molecule has 6 nitrogen and oxygen atoms in total. The molecular weight excluding hydrogens is 486 g/mol. The van der Waals surface area contributed by atoms with Crippen LogP contribution in [-0.4, -0.2) is 53.3 Å². The summed E-state index contributed by atoms with van der Waals surface area (Å²) in [5, 5.41) is 3.19. The topological polar surface area (TPSA) is 61.9 Å². The Balaban J connectivity index is 1.15. The quantitative estimate of drug-likeness (QED) is 0.399. The summed E-state index contributed by atoms with van der Waals surface area (Å²) in [6, 6.07) is 17.5. The molecule has 0 bridgehead atoms. The van der Waals surface area contributed by atoms with Gasteiger partial charge in [-0.3, -0.25) is 14.5 Å². The maximum Gasteiger partial charge on any atom is 0.245 e. The zero-order chi connectivity index (χ0) is 27.0. The molecule has 0 radical (unpaired) electrons. The highest BCUT2D eigenvalue weighted by molar-refractivity contribution is 5.97. The molecule has 0 spiro atoms. The monoisotopic (exact) mass is 531 g/mol. The minimum absolute atomic E-state index is 0.0824. The van der Waals surface area contributed by atoms with Gasteiger partial charge < -0.3 is 15.0 Å². The van der Waals surface area contributed by atoms with E-state index in [9.17, 15) is 9.59 Å². The summed E-state index contributed by atoms with van der Waals surface area (Å²) < 4.78 is 5.93. The standard InChI is InChI=1S/C33H45N3O3/c1-2-3-20-36-31(32(37)34-30(33(36)38)23-25-10-6-4-7-11-25)27-18-21-35(22-19-27)24-26-14-16-29(17-15-26)39-28-12-8-5-9-13-28/h5,8-9,12-17,25,27,30-31H,2-4,6-7,10-11,18-24H2,1H3,(H,34,37)/t30-,31-/m0/s1. The average Bonchev–Trinajstić information content (AvgIpc) is 2.97. The number of likely N-dealkylation sites (tertiary alicyclic amines) is 1. The maximum absolute atomic E-state index is 13.6. The van der Waals surface area contributed by atoms with E-state index in [4.69, 9.17) is 4.74 Å². The lowest BCUT2D eigenvalue weighted by atomic mass is 9.82. The van der Waals surface area contributed by atoms with Crippen molar-refractivity contribution < 1.29 is 14.3 Å². The van der Waals surface area contributed by atoms with Crippen LogP contribution < -0.4 is 10.1 Å². The molecule has 1 saturated carbocycles. The van der Waals surface area contributed by atoms with E-state index < -0.39 is 0 Å². The van der Waals surface area contributed by atoms with E-state index in [0.717, 1.165) is 63.2 Å². The Bertz CT molecular complexity index is 1060. The van der Waals surface area contributed by atoms with Crippen LogP contribution in [0.15, 0.2) is 54.6 Å². The van der Waals surface area contributed by atoms with Gasteiger partial charge in [0.15, 0.2) is 0 Å². The maximum atomic E-state index is 13.6. The summed E-state index contributed by atoms with van der Waals surface area (Å²) in [6.45, 7) is 5.63. The number of carbonyl (C=O) groups is 2. The number of hydrogen-bond acceptors (Lipinski definition) is 4. The number of unbranched alkanes of at least 4 members (excludes halogenated alkanes) is 1. The van der Waals surface area contributed by atoms with Gasteiger partial charge in [0.25, 0.3) is 0 Å². The number of piperidine rings is 1. The summed E-state index contributed by atoms with van der Waals surface area (Å²) in [6.07, 6.45) is 10.9. The summed E-state index contributed by atoms with van der Waals surface area (Å²) in [5.41, 5.74) is 1.26. The molecule has 210 valence electrons.